The van der Waals surface area contributed by atoms with E-state index in [0.717, 1.165) is 0 Å². The largest absolute Gasteiger partial charge is 0.480 e. The van der Waals surface area contributed by atoms with Crippen LogP contribution in [-0.4, -0.2) is 44.7 Å². The van der Waals surface area contributed by atoms with Crippen molar-refractivity contribution in [3.8, 4) is 5.88 Å². The fourth-order valence-electron chi connectivity index (χ4n) is 1.94. The number of carbonyl (C=O) groups excluding carboxylic acids is 1. The number of aromatic nitrogens is 3. The zero-order valence-corrected chi connectivity index (χ0v) is 13.7. The van der Waals surface area contributed by atoms with E-state index in [0.29, 0.717) is 12.5 Å². The first-order valence-electron chi connectivity index (χ1n) is 7.53. The third-order valence-corrected chi connectivity index (χ3v) is 3.79. The molecule has 2 aromatic rings. The predicted octanol–water partition coefficient (Wildman–Crippen LogP) is 0.508. The number of carbonyl (C=O) groups is 2. The molecule has 130 valence electrons. The molecule has 0 aliphatic heterocycles. The second-order valence-electron chi connectivity index (χ2n) is 5.88. The molecule has 0 saturated heterocycles. The van der Waals surface area contributed by atoms with Crippen molar-refractivity contribution in [1.29, 1.82) is 0 Å². The quantitative estimate of drug-likeness (QED) is 0.676. The molecule has 24 heavy (non-hydrogen) atoms. The maximum atomic E-state index is 12.3. The third kappa shape index (κ3) is 3.73. The third-order valence-electron chi connectivity index (χ3n) is 3.79. The number of fused-ring (bicyclic) bond motifs is 1. The Bertz CT molecular complexity index is 808. The predicted molar refractivity (Wildman–Crippen MR) is 85.3 cm³/mol. The standard InChI is InChI=1S/C15H20N4O5/c1-8(2)9(3)6-24-11-4-10(20)13(14-17-7-18-19(11)14)15(23)16-5-12(21)22/h4,7-9H,5-6H2,1-3H3,(H,16,23)(H,17,18)(H,21,22). The minimum atomic E-state index is -1.20. The highest BCUT2D eigenvalue weighted by Gasteiger charge is 2.20. The van der Waals surface area contributed by atoms with Gasteiger partial charge in [-0.25, -0.2) is 9.50 Å². The molecule has 0 fully saturated rings. The van der Waals surface area contributed by atoms with Gasteiger partial charge in [0.1, 0.15) is 18.4 Å². The number of carboxylic acid groups (broad SMARTS) is 1. The van der Waals surface area contributed by atoms with Crippen LogP contribution in [0.25, 0.3) is 5.65 Å². The monoisotopic (exact) mass is 336 g/mol. The Balaban J connectivity index is 2.33. The number of aromatic amines is 1. The van der Waals surface area contributed by atoms with E-state index in [1.807, 2.05) is 6.92 Å². The number of ether oxygens (including phenoxy) is 1. The van der Waals surface area contributed by atoms with E-state index in [4.69, 9.17) is 9.84 Å². The van der Waals surface area contributed by atoms with Crippen LogP contribution < -0.4 is 15.5 Å². The molecule has 0 spiro atoms. The van der Waals surface area contributed by atoms with E-state index in [2.05, 4.69) is 29.2 Å². The molecule has 0 aromatic carbocycles. The van der Waals surface area contributed by atoms with Crippen molar-refractivity contribution in [2.24, 2.45) is 11.8 Å². The van der Waals surface area contributed by atoms with Crippen molar-refractivity contribution >= 4 is 17.5 Å². The molecule has 2 aromatic heterocycles. The van der Waals surface area contributed by atoms with Crippen molar-refractivity contribution < 1.29 is 19.4 Å². The summed E-state index contributed by atoms with van der Waals surface area (Å²) in [4.78, 5) is 38.8. The van der Waals surface area contributed by atoms with Crippen LogP contribution in [-0.2, 0) is 4.79 Å². The fourth-order valence-corrected chi connectivity index (χ4v) is 1.94. The topological polar surface area (TPSA) is 126 Å². The Morgan fingerprint density at radius 2 is 2.12 bits per heavy atom. The van der Waals surface area contributed by atoms with Gasteiger partial charge in [-0.05, 0) is 11.8 Å². The van der Waals surface area contributed by atoms with Crippen LogP contribution in [0.3, 0.4) is 0 Å². The van der Waals surface area contributed by atoms with Gasteiger partial charge < -0.3 is 15.2 Å². The summed E-state index contributed by atoms with van der Waals surface area (Å²) >= 11 is 0. The molecule has 9 nitrogen and oxygen atoms in total. The molecule has 1 amide bonds. The van der Waals surface area contributed by atoms with Crippen molar-refractivity contribution in [2.75, 3.05) is 13.2 Å². The minimum Gasteiger partial charge on any atom is -0.480 e. The minimum absolute atomic E-state index is 0.0811. The van der Waals surface area contributed by atoms with E-state index in [-0.39, 0.29) is 23.0 Å². The van der Waals surface area contributed by atoms with Gasteiger partial charge in [-0.1, -0.05) is 20.8 Å². The van der Waals surface area contributed by atoms with E-state index >= 15 is 0 Å². The average Bonchev–Trinajstić information content (AvgIpc) is 2.98. The molecule has 0 radical (unpaired) electrons. The second-order valence-corrected chi connectivity index (χ2v) is 5.88. The molecule has 0 aliphatic rings. The summed E-state index contributed by atoms with van der Waals surface area (Å²) in [5, 5.41) is 13.6. The van der Waals surface area contributed by atoms with Gasteiger partial charge in [0.15, 0.2) is 5.65 Å². The van der Waals surface area contributed by atoms with Crippen molar-refractivity contribution in [3.05, 3.63) is 28.2 Å². The van der Waals surface area contributed by atoms with Gasteiger partial charge in [0, 0.05) is 6.07 Å². The first-order valence-corrected chi connectivity index (χ1v) is 7.53. The first-order chi connectivity index (χ1) is 11.3. The van der Waals surface area contributed by atoms with Crippen LogP contribution in [0, 0.1) is 11.8 Å². The van der Waals surface area contributed by atoms with E-state index < -0.39 is 23.9 Å². The number of hydrogen-bond donors (Lipinski definition) is 3. The number of aliphatic carboxylic acids is 1. The van der Waals surface area contributed by atoms with Crippen LogP contribution in [0.1, 0.15) is 31.1 Å². The van der Waals surface area contributed by atoms with Crippen LogP contribution in [0.15, 0.2) is 17.2 Å². The normalized spacial score (nSPS) is 12.3. The maximum Gasteiger partial charge on any atom is 0.322 e. The number of carboxylic acids is 1. The number of nitrogens with one attached hydrogen (secondary N) is 2. The summed E-state index contributed by atoms with van der Waals surface area (Å²) in [5.41, 5.74) is -0.739. The summed E-state index contributed by atoms with van der Waals surface area (Å²) < 4.78 is 7.06. The summed E-state index contributed by atoms with van der Waals surface area (Å²) in [5.74, 6) is -1.06. The Kier molecular flexibility index (Phi) is 5.22. The summed E-state index contributed by atoms with van der Waals surface area (Å²) in [6.07, 6.45) is 1.32. The highest BCUT2D eigenvalue weighted by Crippen LogP contribution is 2.16. The first kappa shape index (κ1) is 17.5. The van der Waals surface area contributed by atoms with Crippen molar-refractivity contribution in [1.82, 2.24) is 19.9 Å². The van der Waals surface area contributed by atoms with Gasteiger partial charge in [-0.2, -0.15) is 0 Å². The summed E-state index contributed by atoms with van der Waals surface area (Å²) in [6, 6.07) is 1.19. The Labute approximate surface area is 137 Å². The number of hydrogen-bond acceptors (Lipinski definition) is 5. The van der Waals surface area contributed by atoms with Crippen molar-refractivity contribution in [2.45, 2.75) is 20.8 Å². The highest BCUT2D eigenvalue weighted by atomic mass is 16.5. The molecule has 2 heterocycles. The van der Waals surface area contributed by atoms with E-state index in [1.165, 1.54) is 16.9 Å². The number of pyridine rings is 1. The lowest BCUT2D eigenvalue weighted by Crippen LogP contribution is -2.33. The fraction of sp³-hybridized carbons (Fsp3) is 0.467. The van der Waals surface area contributed by atoms with Crippen LogP contribution in [0.5, 0.6) is 5.88 Å². The molecule has 2 rings (SSSR count). The number of H-pyrrole nitrogens is 1. The molecule has 0 aliphatic carbocycles. The Hall–Kier alpha value is -2.84. The molecular formula is C15H20N4O5. The maximum absolute atomic E-state index is 12.3. The second kappa shape index (κ2) is 7.16. The summed E-state index contributed by atoms with van der Waals surface area (Å²) in [6.45, 7) is 6.00. The molecule has 1 unspecified atom stereocenters. The van der Waals surface area contributed by atoms with Gasteiger partial charge in [0.2, 0.25) is 11.3 Å². The Morgan fingerprint density at radius 3 is 2.75 bits per heavy atom. The van der Waals surface area contributed by atoms with Crippen LogP contribution >= 0.6 is 0 Å². The lowest BCUT2D eigenvalue weighted by atomic mass is 9.99. The smallest absolute Gasteiger partial charge is 0.322 e. The number of rotatable bonds is 7. The molecular weight excluding hydrogens is 316 g/mol. The Morgan fingerprint density at radius 1 is 1.42 bits per heavy atom. The molecule has 3 N–H and O–H groups in total. The molecule has 0 bridgehead atoms. The van der Waals surface area contributed by atoms with Crippen molar-refractivity contribution in [3.63, 3.8) is 0 Å². The lowest BCUT2D eigenvalue weighted by Gasteiger charge is -2.17. The zero-order valence-electron chi connectivity index (χ0n) is 13.7. The zero-order chi connectivity index (χ0) is 17.9. The molecule has 0 saturated carbocycles. The van der Waals surface area contributed by atoms with Gasteiger partial charge in [0.05, 0.1) is 6.61 Å². The van der Waals surface area contributed by atoms with Gasteiger partial charge in [-0.3, -0.25) is 19.5 Å². The SMILES string of the molecule is CC(C)C(C)COc1cc(=O)c(C(=O)NCC(=O)O)c2nc[nH]n12. The average molecular weight is 336 g/mol. The van der Waals surface area contributed by atoms with Crippen LogP contribution in [0.2, 0.25) is 0 Å². The van der Waals surface area contributed by atoms with Gasteiger partial charge in [0.25, 0.3) is 5.91 Å². The number of amides is 1. The lowest BCUT2D eigenvalue weighted by molar-refractivity contribution is -0.135. The molecule has 1 atom stereocenters. The highest BCUT2D eigenvalue weighted by molar-refractivity contribution is 6.00. The van der Waals surface area contributed by atoms with Gasteiger partial charge >= 0.3 is 5.97 Å². The van der Waals surface area contributed by atoms with E-state index in [9.17, 15) is 14.4 Å². The molecule has 9 heteroatoms. The van der Waals surface area contributed by atoms with Gasteiger partial charge in [-0.15, -0.1) is 0 Å². The number of nitrogens with zero attached hydrogens (tertiary/aromatic N) is 2. The van der Waals surface area contributed by atoms with E-state index in [1.54, 1.807) is 0 Å². The van der Waals surface area contributed by atoms with Crippen LogP contribution in [0.4, 0.5) is 0 Å². The summed E-state index contributed by atoms with van der Waals surface area (Å²) in [7, 11) is 0.